The van der Waals surface area contributed by atoms with Gasteiger partial charge in [0.15, 0.2) is 0 Å². The Morgan fingerprint density at radius 1 is 1.10 bits per heavy atom. The van der Waals surface area contributed by atoms with Crippen molar-refractivity contribution in [1.29, 1.82) is 0 Å². The van der Waals surface area contributed by atoms with E-state index in [-0.39, 0.29) is 0 Å². The second kappa shape index (κ2) is 9.77. The molecule has 0 radical (unpaired) electrons. The van der Waals surface area contributed by atoms with Crippen molar-refractivity contribution in [2.24, 2.45) is 5.92 Å². The van der Waals surface area contributed by atoms with Gasteiger partial charge in [-0.15, -0.1) is 0 Å². The highest BCUT2D eigenvalue weighted by Crippen LogP contribution is 2.29. The van der Waals surface area contributed by atoms with E-state index >= 15 is 0 Å². The van der Waals surface area contributed by atoms with E-state index in [1.165, 1.54) is 48.8 Å². The molecular weight excluding hydrogens is 358 g/mol. The smallest absolute Gasteiger partial charge is 0.119 e. The number of fused-ring (bicyclic) bond motifs is 1. The highest BCUT2D eigenvalue weighted by atomic mass is 16.5. The lowest BCUT2D eigenvalue weighted by Gasteiger charge is -2.34. The fraction of sp³-hybridized carbons (Fsp3) is 0.538. The van der Waals surface area contributed by atoms with Gasteiger partial charge in [0.1, 0.15) is 18.5 Å². The fourth-order valence-electron chi connectivity index (χ4n) is 5.09. The van der Waals surface area contributed by atoms with Crippen molar-refractivity contribution >= 4 is 0 Å². The number of aryl methyl sites for hydroxylation is 1. The third-order valence-electron chi connectivity index (χ3n) is 6.64. The van der Waals surface area contributed by atoms with Crippen LogP contribution in [0.5, 0.6) is 5.75 Å². The molecule has 0 bridgehead atoms. The first kappa shape index (κ1) is 20.4. The summed E-state index contributed by atoms with van der Waals surface area (Å²) in [7, 11) is 0. The summed E-state index contributed by atoms with van der Waals surface area (Å²) in [6.45, 7) is 5.17. The Kier molecular flexibility index (Phi) is 6.89. The second-order valence-corrected chi connectivity index (χ2v) is 9.10. The van der Waals surface area contributed by atoms with Crippen molar-refractivity contribution in [3.05, 3.63) is 65.2 Å². The zero-order valence-corrected chi connectivity index (χ0v) is 17.7. The summed E-state index contributed by atoms with van der Waals surface area (Å²) in [4.78, 5) is 2.35. The Morgan fingerprint density at radius 3 is 2.79 bits per heavy atom. The van der Waals surface area contributed by atoms with E-state index in [1.807, 2.05) is 6.07 Å². The summed E-state index contributed by atoms with van der Waals surface area (Å²) in [6.07, 6.45) is 7.58. The molecule has 1 aliphatic heterocycles. The molecule has 2 atom stereocenters. The first-order valence-corrected chi connectivity index (χ1v) is 11.4. The van der Waals surface area contributed by atoms with Crippen molar-refractivity contribution < 1.29 is 9.84 Å². The first-order chi connectivity index (χ1) is 14.2. The lowest BCUT2D eigenvalue weighted by molar-refractivity contribution is 0.0610. The molecule has 1 saturated carbocycles. The maximum absolute atomic E-state index is 10.5. The molecule has 1 aliphatic carbocycles. The number of rotatable bonds is 8. The van der Waals surface area contributed by atoms with Crippen LogP contribution in [0.15, 0.2) is 48.5 Å². The first-order valence-electron chi connectivity index (χ1n) is 11.4. The molecule has 156 valence electrons. The summed E-state index contributed by atoms with van der Waals surface area (Å²) in [6, 6.07) is 17.1. The number of nitrogens with zero attached hydrogens (tertiary/aromatic N) is 1. The van der Waals surface area contributed by atoms with Gasteiger partial charge in [-0.25, -0.2) is 0 Å². The molecule has 2 aromatic rings. The van der Waals surface area contributed by atoms with E-state index in [4.69, 9.17) is 4.74 Å². The summed E-state index contributed by atoms with van der Waals surface area (Å²) in [5.41, 5.74) is 4.18. The van der Waals surface area contributed by atoms with E-state index in [1.54, 1.807) is 0 Å². The number of ether oxygens (including phenoxy) is 1. The number of hydrogen-bond acceptors (Lipinski definition) is 3. The molecule has 2 aromatic carbocycles. The van der Waals surface area contributed by atoms with Crippen LogP contribution in [0.25, 0.3) is 0 Å². The standard InChI is InChI=1S/C26H35NO2/c1-20-16-27(17-23-10-4-5-12-26(20)23)18-24(28)19-29-25-11-6-9-22(15-25)14-13-21-7-2-3-8-21/h4-6,9-12,15,20-21,24,28H,2-3,7-8,13-14,16-19H2,1H3. The van der Waals surface area contributed by atoms with Crippen LogP contribution in [0.2, 0.25) is 0 Å². The molecule has 0 spiro atoms. The molecule has 0 saturated heterocycles. The number of aliphatic hydroxyl groups is 1. The van der Waals surface area contributed by atoms with Crippen molar-refractivity contribution in [1.82, 2.24) is 4.90 Å². The maximum atomic E-state index is 10.5. The molecule has 0 amide bonds. The highest BCUT2D eigenvalue weighted by Gasteiger charge is 2.23. The quantitative estimate of drug-likeness (QED) is 0.672. The summed E-state index contributed by atoms with van der Waals surface area (Å²) < 4.78 is 5.94. The lowest BCUT2D eigenvalue weighted by atomic mass is 9.91. The topological polar surface area (TPSA) is 32.7 Å². The van der Waals surface area contributed by atoms with E-state index in [0.717, 1.165) is 31.2 Å². The SMILES string of the molecule is CC1CN(CC(O)COc2cccc(CCC3CCCC3)c2)Cc2ccccc21. The normalized spacial score (nSPS) is 21.1. The van der Waals surface area contributed by atoms with Crippen LogP contribution in [0.1, 0.15) is 61.6 Å². The minimum atomic E-state index is -0.477. The zero-order chi connectivity index (χ0) is 20.1. The minimum Gasteiger partial charge on any atom is -0.491 e. The molecule has 2 unspecified atom stereocenters. The van der Waals surface area contributed by atoms with E-state index in [0.29, 0.717) is 19.1 Å². The highest BCUT2D eigenvalue weighted by molar-refractivity contribution is 5.32. The van der Waals surface area contributed by atoms with E-state index in [2.05, 4.69) is 54.3 Å². The maximum Gasteiger partial charge on any atom is 0.119 e. The molecule has 1 heterocycles. The Morgan fingerprint density at radius 2 is 1.93 bits per heavy atom. The third kappa shape index (κ3) is 5.61. The average Bonchev–Trinajstić information content (AvgIpc) is 3.25. The van der Waals surface area contributed by atoms with Crippen LogP contribution >= 0.6 is 0 Å². The van der Waals surface area contributed by atoms with Gasteiger partial charge in [-0.3, -0.25) is 4.90 Å². The molecular formula is C26H35NO2. The summed E-state index contributed by atoms with van der Waals surface area (Å²) in [5.74, 6) is 2.30. The van der Waals surface area contributed by atoms with Crippen LogP contribution in [0.3, 0.4) is 0 Å². The van der Waals surface area contributed by atoms with Gasteiger partial charge in [0.05, 0.1) is 0 Å². The van der Waals surface area contributed by atoms with Crippen LogP contribution in [-0.4, -0.2) is 35.8 Å². The molecule has 3 nitrogen and oxygen atoms in total. The van der Waals surface area contributed by atoms with E-state index in [9.17, 15) is 5.11 Å². The molecule has 1 N–H and O–H groups in total. The minimum absolute atomic E-state index is 0.346. The van der Waals surface area contributed by atoms with Gasteiger partial charge in [-0.05, 0) is 53.5 Å². The van der Waals surface area contributed by atoms with Gasteiger partial charge in [0.2, 0.25) is 0 Å². The van der Waals surface area contributed by atoms with Crippen LogP contribution in [-0.2, 0) is 13.0 Å². The van der Waals surface area contributed by atoms with Gasteiger partial charge in [-0.1, -0.05) is 69.0 Å². The molecule has 0 aromatic heterocycles. The number of benzene rings is 2. The van der Waals surface area contributed by atoms with Gasteiger partial charge >= 0.3 is 0 Å². The summed E-state index contributed by atoms with van der Waals surface area (Å²) >= 11 is 0. The summed E-state index contributed by atoms with van der Waals surface area (Å²) in [5, 5.41) is 10.5. The number of hydrogen-bond donors (Lipinski definition) is 1. The molecule has 1 fully saturated rings. The van der Waals surface area contributed by atoms with Crippen LogP contribution < -0.4 is 4.74 Å². The monoisotopic (exact) mass is 393 g/mol. The molecule has 2 aliphatic rings. The third-order valence-corrected chi connectivity index (χ3v) is 6.64. The Balaban J connectivity index is 1.24. The van der Waals surface area contributed by atoms with Crippen molar-refractivity contribution in [2.45, 2.75) is 64.0 Å². The molecule has 4 rings (SSSR count). The van der Waals surface area contributed by atoms with Gasteiger partial charge in [-0.2, -0.15) is 0 Å². The Bertz CT molecular complexity index is 784. The Hall–Kier alpha value is -1.84. The van der Waals surface area contributed by atoms with Gasteiger partial charge < -0.3 is 9.84 Å². The predicted octanol–water partition coefficient (Wildman–Crippen LogP) is 5.17. The zero-order valence-electron chi connectivity index (χ0n) is 17.7. The van der Waals surface area contributed by atoms with Crippen molar-refractivity contribution in [3.8, 4) is 5.75 Å². The Labute approximate surface area is 175 Å². The number of aliphatic hydroxyl groups excluding tert-OH is 1. The number of β-amino-alcohol motifs (C(OH)–C–C–N with tert-alkyl or cyclic N) is 1. The predicted molar refractivity (Wildman–Crippen MR) is 118 cm³/mol. The second-order valence-electron chi connectivity index (χ2n) is 9.10. The van der Waals surface area contributed by atoms with Crippen molar-refractivity contribution in [3.63, 3.8) is 0 Å². The average molecular weight is 394 g/mol. The molecule has 3 heteroatoms. The van der Waals surface area contributed by atoms with Crippen LogP contribution in [0.4, 0.5) is 0 Å². The van der Waals surface area contributed by atoms with Crippen molar-refractivity contribution in [2.75, 3.05) is 19.7 Å². The van der Waals surface area contributed by atoms with Crippen LogP contribution in [0, 0.1) is 5.92 Å². The fourth-order valence-corrected chi connectivity index (χ4v) is 5.09. The lowest BCUT2D eigenvalue weighted by Crippen LogP contribution is -2.39. The van der Waals surface area contributed by atoms with E-state index < -0.39 is 6.10 Å². The van der Waals surface area contributed by atoms with Gasteiger partial charge in [0, 0.05) is 19.6 Å². The van der Waals surface area contributed by atoms with Gasteiger partial charge in [0.25, 0.3) is 0 Å². The largest absolute Gasteiger partial charge is 0.491 e. The molecule has 29 heavy (non-hydrogen) atoms.